The molecule has 0 radical (unpaired) electrons. The third-order valence-electron chi connectivity index (χ3n) is 2.15. The number of amides is 1. The quantitative estimate of drug-likeness (QED) is 0.605. The Morgan fingerprint density at radius 2 is 2.00 bits per heavy atom. The summed E-state index contributed by atoms with van der Waals surface area (Å²) in [6.07, 6.45) is 0.865. The van der Waals surface area contributed by atoms with Crippen LogP contribution in [0.4, 0.5) is 0 Å². The molecule has 0 aliphatic heterocycles. The molecule has 0 aromatic rings. The summed E-state index contributed by atoms with van der Waals surface area (Å²) in [5.74, 6) is 0.519. The van der Waals surface area contributed by atoms with Crippen molar-refractivity contribution in [1.82, 2.24) is 5.06 Å². The van der Waals surface area contributed by atoms with Crippen LogP contribution in [0.2, 0.25) is 0 Å². The maximum Gasteiger partial charge on any atom is 0.249 e. The number of hydrogen-bond donors (Lipinski definition) is 0. The van der Waals surface area contributed by atoms with Gasteiger partial charge in [0.2, 0.25) is 5.91 Å². The van der Waals surface area contributed by atoms with Gasteiger partial charge < -0.3 is 0 Å². The van der Waals surface area contributed by atoms with Gasteiger partial charge in [-0.2, -0.15) is 0 Å². The van der Waals surface area contributed by atoms with Crippen LogP contribution in [0.25, 0.3) is 0 Å². The molecule has 0 spiro atoms. The van der Waals surface area contributed by atoms with Crippen LogP contribution in [0.15, 0.2) is 0 Å². The highest BCUT2D eigenvalue weighted by Crippen LogP contribution is 2.16. The van der Waals surface area contributed by atoms with Gasteiger partial charge in [-0.3, -0.25) is 9.63 Å². The van der Waals surface area contributed by atoms with Gasteiger partial charge in [0.05, 0.1) is 7.11 Å². The first-order chi connectivity index (χ1) is 5.54. The molecule has 72 valence electrons. The molecule has 0 aliphatic rings. The number of hydroxylamine groups is 2. The smallest absolute Gasteiger partial charge is 0.249 e. The third-order valence-corrected chi connectivity index (χ3v) is 2.15. The van der Waals surface area contributed by atoms with Gasteiger partial charge in [0.15, 0.2) is 0 Å². The minimum Gasteiger partial charge on any atom is -0.275 e. The number of hydrogen-bond acceptors (Lipinski definition) is 2. The van der Waals surface area contributed by atoms with Gasteiger partial charge in [-0.25, -0.2) is 5.06 Å². The monoisotopic (exact) mass is 173 g/mol. The summed E-state index contributed by atoms with van der Waals surface area (Å²) in [6, 6.07) is 0. The molecule has 0 aliphatic carbocycles. The molecule has 0 saturated carbocycles. The fourth-order valence-corrected chi connectivity index (χ4v) is 1.25. The van der Waals surface area contributed by atoms with Crippen molar-refractivity contribution in [1.29, 1.82) is 0 Å². The molecule has 3 nitrogen and oxygen atoms in total. The molecule has 0 aromatic heterocycles. The Hall–Kier alpha value is -0.570. The van der Waals surface area contributed by atoms with E-state index in [9.17, 15) is 4.79 Å². The minimum atomic E-state index is 0.0648. The highest BCUT2D eigenvalue weighted by atomic mass is 16.7. The fourth-order valence-electron chi connectivity index (χ4n) is 1.25. The molecule has 0 aromatic carbocycles. The largest absolute Gasteiger partial charge is 0.275 e. The normalized spacial score (nSPS) is 13.2. The van der Waals surface area contributed by atoms with E-state index in [-0.39, 0.29) is 11.8 Å². The highest BCUT2D eigenvalue weighted by Gasteiger charge is 2.23. The molecule has 12 heavy (non-hydrogen) atoms. The molecule has 0 unspecified atom stereocenters. The Morgan fingerprint density at radius 1 is 1.50 bits per heavy atom. The van der Waals surface area contributed by atoms with Gasteiger partial charge in [0, 0.05) is 13.0 Å². The zero-order valence-electron chi connectivity index (χ0n) is 8.63. The molecule has 1 amide bonds. The lowest BCUT2D eigenvalue weighted by Gasteiger charge is -2.23. The molecule has 0 bridgehead atoms. The summed E-state index contributed by atoms with van der Waals surface area (Å²) in [5.41, 5.74) is 0. The average molecular weight is 173 g/mol. The van der Waals surface area contributed by atoms with Crippen molar-refractivity contribution < 1.29 is 9.63 Å². The van der Waals surface area contributed by atoms with Crippen molar-refractivity contribution in [2.75, 3.05) is 14.2 Å². The second-order valence-corrected chi connectivity index (χ2v) is 3.28. The number of carbonyl (C=O) groups is 1. The second kappa shape index (κ2) is 5.14. The molecule has 1 atom stereocenters. The van der Waals surface area contributed by atoms with Crippen LogP contribution in [-0.4, -0.2) is 25.1 Å². The number of rotatable bonds is 4. The topological polar surface area (TPSA) is 29.5 Å². The van der Waals surface area contributed by atoms with Gasteiger partial charge in [-0.1, -0.05) is 20.8 Å². The van der Waals surface area contributed by atoms with Crippen molar-refractivity contribution >= 4 is 5.91 Å². The summed E-state index contributed by atoms with van der Waals surface area (Å²) in [6.45, 7) is 6.12. The van der Waals surface area contributed by atoms with E-state index in [0.717, 1.165) is 6.42 Å². The van der Waals surface area contributed by atoms with Crippen molar-refractivity contribution in [2.45, 2.75) is 27.2 Å². The lowest BCUT2D eigenvalue weighted by atomic mass is 9.92. The van der Waals surface area contributed by atoms with Crippen LogP contribution >= 0.6 is 0 Å². The average Bonchev–Trinajstić information content (AvgIpc) is 2.03. The molecule has 0 fully saturated rings. The third kappa shape index (κ3) is 2.81. The van der Waals surface area contributed by atoms with Crippen molar-refractivity contribution in [3.8, 4) is 0 Å². The van der Waals surface area contributed by atoms with E-state index in [1.807, 2.05) is 6.92 Å². The zero-order valence-corrected chi connectivity index (χ0v) is 8.63. The fraction of sp³-hybridized carbons (Fsp3) is 0.889. The minimum absolute atomic E-state index is 0.0648. The van der Waals surface area contributed by atoms with Crippen LogP contribution in [0, 0.1) is 11.8 Å². The first-order valence-electron chi connectivity index (χ1n) is 4.36. The van der Waals surface area contributed by atoms with Crippen molar-refractivity contribution in [3.63, 3.8) is 0 Å². The zero-order chi connectivity index (χ0) is 9.72. The van der Waals surface area contributed by atoms with Gasteiger partial charge in [-0.15, -0.1) is 0 Å². The Labute approximate surface area is 74.6 Å². The molecule has 0 N–H and O–H groups in total. The highest BCUT2D eigenvalue weighted by molar-refractivity contribution is 5.77. The summed E-state index contributed by atoms with van der Waals surface area (Å²) < 4.78 is 0. The number of carbonyl (C=O) groups excluding carboxylic acids is 1. The first kappa shape index (κ1) is 11.4. The van der Waals surface area contributed by atoms with Gasteiger partial charge in [-0.05, 0) is 12.3 Å². The van der Waals surface area contributed by atoms with E-state index in [1.165, 1.54) is 12.2 Å². The lowest BCUT2D eigenvalue weighted by Crippen LogP contribution is -2.34. The Bertz CT molecular complexity index is 145. The SMILES string of the molecule is CC[C@@H](C(=O)N(C)OC)C(C)C. The van der Waals surface area contributed by atoms with E-state index < -0.39 is 0 Å². The van der Waals surface area contributed by atoms with Crippen LogP contribution < -0.4 is 0 Å². The van der Waals surface area contributed by atoms with E-state index in [1.54, 1.807) is 7.05 Å². The summed E-state index contributed by atoms with van der Waals surface area (Å²) in [7, 11) is 3.15. The Kier molecular flexibility index (Phi) is 4.90. The summed E-state index contributed by atoms with van der Waals surface area (Å²) >= 11 is 0. The van der Waals surface area contributed by atoms with E-state index >= 15 is 0 Å². The summed E-state index contributed by atoms with van der Waals surface area (Å²) in [5, 5.41) is 1.30. The van der Waals surface area contributed by atoms with E-state index in [4.69, 9.17) is 4.84 Å². The standard InChI is InChI=1S/C9H19NO2/c1-6-8(7(2)3)9(11)10(4)12-5/h7-8H,6H2,1-5H3/t8-/m1/s1. The van der Waals surface area contributed by atoms with Gasteiger partial charge >= 0.3 is 0 Å². The molecule has 0 saturated heterocycles. The Balaban J connectivity index is 4.21. The first-order valence-corrected chi connectivity index (χ1v) is 4.36. The van der Waals surface area contributed by atoms with Gasteiger partial charge in [0.25, 0.3) is 0 Å². The second-order valence-electron chi connectivity index (χ2n) is 3.28. The van der Waals surface area contributed by atoms with Crippen LogP contribution in [0.1, 0.15) is 27.2 Å². The maximum absolute atomic E-state index is 11.5. The van der Waals surface area contributed by atoms with E-state index in [2.05, 4.69) is 13.8 Å². The van der Waals surface area contributed by atoms with Crippen molar-refractivity contribution in [2.24, 2.45) is 11.8 Å². The summed E-state index contributed by atoms with van der Waals surface area (Å²) in [4.78, 5) is 16.4. The lowest BCUT2D eigenvalue weighted by molar-refractivity contribution is -0.175. The molecular weight excluding hydrogens is 154 g/mol. The molecule has 0 heterocycles. The van der Waals surface area contributed by atoms with Crippen LogP contribution in [-0.2, 0) is 9.63 Å². The maximum atomic E-state index is 11.5. The molecular formula is C9H19NO2. The van der Waals surface area contributed by atoms with Crippen molar-refractivity contribution in [3.05, 3.63) is 0 Å². The predicted molar refractivity (Wildman–Crippen MR) is 48.4 cm³/mol. The van der Waals surface area contributed by atoms with Crippen LogP contribution in [0.3, 0.4) is 0 Å². The van der Waals surface area contributed by atoms with Crippen LogP contribution in [0.5, 0.6) is 0 Å². The predicted octanol–water partition coefficient (Wildman–Crippen LogP) is 1.69. The molecule has 0 rings (SSSR count). The molecule has 3 heteroatoms. The van der Waals surface area contributed by atoms with Gasteiger partial charge in [0.1, 0.15) is 0 Å². The van der Waals surface area contributed by atoms with E-state index in [0.29, 0.717) is 5.92 Å². The number of nitrogens with zero attached hydrogens (tertiary/aromatic N) is 1. The Morgan fingerprint density at radius 3 is 2.25 bits per heavy atom.